The predicted molar refractivity (Wildman–Crippen MR) is 78.9 cm³/mol. The number of hydrogen-bond donors (Lipinski definition) is 2. The summed E-state index contributed by atoms with van der Waals surface area (Å²) in [5.74, 6) is 0.762. The van der Waals surface area contributed by atoms with Crippen LogP contribution in [0.2, 0.25) is 0 Å². The van der Waals surface area contributed by atoms with Crippen LogP contribution in [-0.4, -0.2) is 38.1 Å². The minimum atomic E-state index is -0.951. The molecular formula is C15H17N5O2. The molecule has 1 atom stereocenters. The Hall–Kier alpha value is -2.43. The van der Waals surface area contributed by atoms with Crippen molar-refractivity contribution in [2.45, 2.75) is 25.6 Å². The van der Waals surface area contributed by atoms with Crippen LogP contribution < -0.4 is 4.90 Å². The van der Waals surface area contributed by atoms with Gasteiger partial charge in [0.05, 0.1) is 24.5 Å². The van der Waals surface area contributed by atoms with Crippen molar-refractivity contribution < 1.29 is 10.2 Å². The molecule has 2 aromatic heterocycles. The maximum Gasteiger partial charge on any atom is 0.142 e. The number of aromatic nitrogens is 3. The maximum absolute atomic E-state index is 9.71. The van der Waals surface area contributed by atoms with Crippen LogP contribution in [-0.2, 0) is 13.1 Å². The molecule has 1 aliphatic rings. The average molecular weight is 299 g/mol. The Morgan fingerprint density at radius 3 is 3.00 bits per heavy atom. The van der Waals surface area contributed by atoms with Crippen molar-refractivity contribution in [1.29, 1.82) is 5.26 Å². The smallest absolute Gasteiger partial charge is 0.142 e. The van der Waals surface area contributed by atoms with E-state index in [0.717, 1.165) is 31.0 Å². The minimum Gasteiger partial charge on any atom is -0.393 e. The molecule has 114 valence electrons. The van der Waals surface area contributed by atoms with Crippen LogP contribution in [0.25, 0.3) is 0 Å². The van der Waals surface area contributed by atoms with Gasteiger partial charge in [0.1, 0.15) is 23.7 Å². The Morgan fingerprint density at radius 2 is 2.23 bits per heavy atom. The van der Waals surface area contributed by atoms with E-state index in [9.17, 15) is 5.11 Å². The van der Waals surface area contributed by atoms with Crippen LogP contribution in [0.3, 0.4) is 0 Å². The summed E-state index contributed by atoms with van der Waals surface area (Å²) in [4.78, 5) is 6.43. The third kappa shape index (κ3) is 2.79. The molecule has 0 fully saturated rings. The molecule has 0 aliphatic carbocycles. The van der Waals surface area contributed by atoms with E-state index < -0.39 is 6.10 Å². The third-order valence-corrected chi connectivity index (χ3v) is 3.72. The number of hydrogen-bond acceptors (Lipinski definition) is 6. The second-order valence-corrected chi connectivity index (χ2v) is 5.25. The van der Waals surface area contributed by atoms with E-state index in [4.69, 9.17) is 10.4 Å². The Balaban J connectivity index is 1.87. The molecule has 0 aromatic carbocycles. The molecule has 7 heteroatoms. The number of aliphatic hydroxyl groups is 2. The van der Waals surface area contributed by atoms with Gasteiger partial charge in [-0.25, -0.2) is 4.98 Å². The zero-order valence-corrected chi connectivity index (χ0v) is 12.1. The van der Waals surface area contributed by atoms with Gasteiger partial charge in [0.25, 0.3) is 0 Å². The lowest BCUT2D eigenvalue weighted by atomic mass is 10.2. The first-order valence-corrected chi connectivity index (χ1v) is 7.19. The van der Waals surface area contributed by atoms with Crippen LogP contribution in [0.4, 0.5) is 5.82 Å². The van der Waals surface area contributed by atoms with Gasteiger partial charge in [-0.1, -0.05) is 6.07 Å². The summed E-state index contributed by atoms with van der Waals surface area (Å²) in [7, 11) is 0. The molecule has 3 heterocycles. The van der Waals surface area contributed by atoms with Crippen LogP contribution in [0.5, 0.6) is 0 Å². The highest BCUT2D eigenvalue weighted by Gasteiger charge is 2.20. The number of fused-ring (bicyclic) bond motifs is 1. The molecule has 0 saturated heterocycles. The molecule has 2 N–H and O–H groups in total. The first-order chi connectivity index (χ1) is 10.7. The van der Waals surface area contributed by atoms with Crippen molar-refractivity contribution >= 4 is 5.82 Å². The number of nitrogens with zero attached hydrogens (tertiary/aromatic N) is 5. The van der Waals surface area contributed by atoms with E-state index in [-0.39, 0.29) is 6.61 Å². The van der Waals surface area contributed by atoms with Gasteiger partial charge in [-0.2, -0.15) is 10.4 Å². The Bertz CT molecular complexity index is 706. The fourth-order valence-corrected chi connectivity index (χ4v) is 2.60. The number of anilines is 1. The van der Waals surface area contributed by atoms with Crippen LogP contribution in [0.1, 0.15) is 29.6 Å². The third-order valence-electron chi connectivity index (χ3n) is 3.72. The highest BCUT2D eigenvalue weighted by molar-refractivity contribution is 5.42. The van der Waals surface area contributed by atoms with Crippen molar-refractivity contribution in [2.75, 3.05) is 18.1 Å². The highest BCUT2D eigenvalue weighted by Crippen LogP contribution is 2.21. The molecule has 2 aromatic rings. The molecule has 0 amide bonds. The molecule has 1 aliphatic heterocycles. The van der Waals surface area contributed by atoms with Gasteiger partial charge in [-0.3, -0.25) is 4.68 Å². The molecule has 0 saturated carbocycles. The molecule has 7 nitrogen and oxygen atoms in total. The number of rotatable bonds is 3. The van der Waals surface area contributed by atoms with Crippen molar-refractivity contribution in [3.05, 3.63) is 41.3 Å². The van der Waals surface area contributed by atoms with Crippen LogP contribution >= 0.6 is 0 Å². The second-order valence-electron chi connectivity index (χ2n) is 5.25. The first-order valence-electron chi connectivity index (χ1n) is 7.19. The van der Waals surface area contributed by atoms with Gasteiger partial charge in [-0.05, 0) is 24.6 Å². The van der Waals surface area contributed by atoms with Crippen molar-refractivity contribution in [2.24, 2.45) is 0 Å². The Kier molecular flexibility index (Phi) is 4.04. The quantitative estimate of drug-likeness (QED) is 0.860. The van der Waals surface area contributed by atoms with Crippen LogP contribution in [0.15, 0.2) is 24.3 Å². The minimum absolute atomic E-state index is 0.341. The highest BCUT2D eigenvalue weighted by atomic mass is 16.3. The molecule has 3 rings (SSSR count). The lowest BCUT2D eigenvalue weighted by molar-refractivity contribution is 0.0916. The largest absolute Gasteiger partial charge is 0.393 e. The summed E-state index contributed by atoms with van der Waals surface area (Å²) in [5, 5.41) is 32.1. The Morgan fingerprint density at radius 1 is 1.36 bits per heavy atom. The van der Waals surface area contributed by atoms with Gasteiger partial charge in [0.2, 0.25) is 0 Å². The number of aryl methyl sites for hydroxylation is 1. The maximum atomic E-state index is 9.71. The predicted octanol–water partition coefficient (Wildman–Crippen LogP) is 0.586. The summed E-state index contributed by atoms with van der Waals surface area (Å²) in [6.45, 7) is 1.84. The van der Waals surface area contributed by atoms with E-state index >= 15 is 0 Å². The van der Waals surface area contributed by atoms with Crippen LogP contribution in [0, 0.1) is 11.3 Å². The summed E-state index contributed by atoms with van der Waals surface area (Å²) < 4.78 is 1.86. The monoisotopic (exact) mass is 299 g/mol. The number of pyridine rings is 1. The zero-order chi connectivity index (χ0) is 15.5. The van der Waals surface area contributed by atoms with Crippen molar-refractivity contribution in [1.82, 2.24) is 14.8 Å². The molecular weight excluding hydrogens is 282 g/mol. The molecule has 22 heavy (non-hydrogen) atoms. The summed E-state index contributed by atoms with van der Waals surface area (Å²) in [5.41, 5.74) is 1.84. The SMILES string of the molecule is N#Cc1cccc(N2CCCn3nc([C@@H](O)CO)cc3C2)n1. The van der Waals surface area contributed by atoms with Gasteiger partial charge < -0.3 is 15.1 Å². The second kappa shape index (κ2) is 6.13. The van der Waals surface area contributed by atoms with Crippen molar-refractivity contribution in [3.63, 3.8) is 0 Å². The lowest BCUT2D eigenvalue weighted by Gasteiger charge is -2.21. The molecule has 0 radical (unpaired) electrons. The van der Waals surface area contributed by atoms with E-state index in [1.165, 1.54) is 0 Å². The molecule has 0 spiro atoms. The van der Waals surface area contributed by atoms with Gasteiger partial charge in [0.15, 0.2) is 0 Å². The number of aliphatic hydroxyl groups excluding tert-OH is 2. The number of nitriles is 1. The van der Waals surface area contributed by atoms with E-state index in [0.29, 0.717) is 17.9 Å². The van der Waals surface area contributed by atoms with Crippen molar-refractivity contribution in [3.8, 4) is 6.07 Å². The van der Waals surface area contributed by atoms with Gasteiger partial charge in [0, 0.05) is 13.1 Å². The average Bonchev–Trinajstić information content (AvgIpc) is 2.86. The normalized spacial score (nSPS) is 15.8. The zero-order valence-electron chi connectivity index (χ0n) is 12.1. The fourth-order valence-electron chi connectivity index (χ4n) is 2.60. The standard InChI is InChI=1S/C15H17N5O2/c16-8-11-3-1-4-15(17-11)19-5-2-6-20-12(9-19)7-13(18-20)14(22)10-21/h1,3-4,7,14,21-22H,2,5-6,9-10H2/t14-/m0/s1. The first kappa shape index (κ1) is 14.5. The topological polar surface area (TPSA) is 98.2 Å². The van der Waals surface area contributed by atoms with Gasteiger partial charge in [-0.15, -0.1) is 0 Å². The lowest BCUT2D eigenvalue weighted by Crippen LogP contribution is -2.23. The van der Waals surface area contributed by atoms with E-state index in [1.807, 2.05) is 22.9 Å². The summed E-state index contributed by atoms with van der Waals surface area (Å²) in [6, 6.07) is 9.26. The molecule has 0 bridgehead atoms. The summed E-state index contributed by atoms with van der Waals surface area (Å²) >= 11 is 0. The van der Waals surface area contributed by atoms with E-state index in [1.54, 1.807) is 6.07 Å². The Labute approximate surface area is 128 Å². The summed E-state index contributed by atoms with van der Waals surface area (Å²) in [6.07, 6.45) is -0.0603. The molecule has 0 unspecified atom stereocenters. The van der Waals surface area contributed by atoms with E-state index in [2.05, 4.69) is 21.1 Å². The fraction of sp³-hybridized carbons (Fsp3) is 0.400. The van der Waals surface area contributed by atoms with Gasteiger partial charge >= 0.3 is 0 Å².